The zero-order valence-corrected chi connectivity index (χ0v) is 21.8. The molecule has 0 N–H and O–H groups in total. The molecule has 0 amide bonds. The predicted molar refractivity (Wildman–Crippen MR) is 144 cm³/mol. The SMILES string of the molecule is C/C=C/CCC1CCC(c2ccc(-c3ccc(OCCCCCCCCC)c(F)c3F)cc2)CC1. The molecule has 0 aliphatic heterocycles. The standard InChI is InChI=1S/C32H44F2O/c1-3-5-7-8-9-10-12-24-35-30-23-22-29(31(33)32(30)34)28-20-18-27(19-21-28)26-16-14-25(15-17-26)13-11-6-4-2/h4,6,18-23,25-26H,3,5,7-17,24H2,1-2H3/b6-4+. The Hall–Kier alpha value is -2.16. The van der Waals surface area contributed by atoms with Gasteiger partial charge in [0.15, 0.2) is 11.6 Å². The average Bonchev–Trinajstić information content (AvgIpc) is 2.89. The Balaban J connectivity index is 1.50. The van der Waals surface area contributed by atoms with Crippen LogP contribution >= 0.6 is 0 Å². The van der Waals surface area contributed by atoms with Gasteiger partial charge in [0.2, 0.25) is 5.82 Å². The van der Waals surface area contributed by atoms with Crippen LogP contribution in [0.25, 0.3) is 11.1 Å². The number of benzene rings is 2. The van der Waals surface area contributed by atoms with E-state index >= 15 is 0 Å². The van der Waals surface area contributed by atoms with Crippen LogP contribution in [0.4, 0.5) is 8.78 Å². The predicted octanol–water partition coefficient (Wildman–Crippen LogP) is 10.4. The van der Waals surface area contributed by atoms with Gasteiger partial charge in [-0.05, 0) is 87.0 Å². The van der Waals surface area contributed by atoms with Crippen molar-refractivity contribution in [3.05, 3.63) is 65.7 Å². The number of hydrogen-bond donors (Lipinski definition) is 0. The quantitative estimate of drug-likeness (QED) is 0.192. The smallest absolute Gasteiger partial charge is 0.201 e. The van der Waals surface area contributed by atoms with Gasteiger partial charge >= 0.3 is 0 Å². The lowest BCUT2D eigenvalue weighted by atomic mass is 9.77. The van der Waals surface area contributed by atoms with Crippen molar-refractivity contribution in [2.75, 3.05) is 6.61 Å². The van der Waals surface area contributed by atoms with Gasteiger partial charge in [0.25, 0.3) is 0 Å². The van der Waals surface area contributed by atoms with Crippen molar-refractivity contribution in [1.29, 1.82) is 0 Å². The summed E-state index contributed by atoms with van der Waals surface area (Å²) in [6, 6.07) is 11.3. The van der Waals surface area contributed by atoms with E-state index in [2.05, 4.69) is 38.1 Å². The topological polar surface area (TPSA) is 9.23 Å². The largest absolute Gasteiger partial charge is 0.490 e. The Morgan fingerprint density at radius 2 is 1.51 bits per heavy atom. The first-order valence-electron chi connectivity index (χ1n) is 14.0. The first-order chi connectivity index (χ1) is 17.1. The van der Waals surface area contributed by atoms with Gasteiger partial charge in [-0.25, -0.2) is 4.39 Å². The highest BCUT2D eigenvalue weighted by Gasteiger charge is 2.22. The highest BCUT2D eigenvalue weighted by atomic mass is 19.2. The number of hydrogen-bond acceptors (Lipinski definition) is 1. The van der Waals surface area contributed by atoms with Crippen molar-refractivity contribution >= 4 is 0 Å². The van der Waals surface area contributed by atoms with Crippen LogP contribution in [0.2, 0.25) is 0 Å². The summed E-state index contributed by atoms with van der Waals surface area (Å²) in [5.74, 6) is -0.279. The summed E-state index contributed by atoms with van der Waals surface area (Å²) in [5.41, 5.74) is 2.32. The van der Waals surface area contributed by atoms with Crippen LogP contribution in [0.1, 0.15) is 109 Å². The summed E-state index contributed by atoms with van der Waals surface area (Å²) in [5, 5.41) is 0. The maximum atomic E-state index is 14.9. The molecule has 0 radical (unpaired) electrons. The summed E-state index contributed by atoms with van der Waals surface area (Å²) < 4.78 is 35.1. The van der Waals surface area contributed by atoms with Crippen LogP contribution < -0.4 is 4.74 Å². The van der Waals surface area contributed by atoms with Crippen LogP contribution in [0, 0.1) is 17.6 Å². The molecule has 0 heterocycles. The summed E-state index contributed by atoms with van der Waals surface area (Å²) in [4.78, 5) is 0. The minimum absolute atomic E-state index is 0.0139. The second-order valence-corrected chi connectivity index (χ2v) is 10.2. The van der Waals surface area contributed by atoms with Gasteiger partial charge in [-0.1, -0.05) is 81.9 Å². The molecule has 0 spiro atoms. The van der Waals surface area contributed by atoms with Crippen molar-refractivity contribution in [1.82, 2.24) is 0 Å². The molecule has 1 saturated carbocycles. The van der Waals surface area contributed by atoms with Gasteiger partial charge in [-0.3, -0.25) is 0 Å². The fourth-order valence-electron chi connectivity index (χ4n) is 5.33. The highest BCUT2D eigenvalue weighted by Crippen LogP contribution is 2.38. The second-order valence-electron chi connectivity index (χ2n) is 10.2. The highest BCUT2D eigenvalue weighted by molar-refractivity contribution is 5.65. The molecule has 192 valence electrons. The summed E-state index contributed by atoms with van der Waals surface area (Å²) >= 11 is 0. The first-order valence-corrected chi connectivity index (χ1v) is 14.0. The van der Waals surface area contributed by atoms with Gasteiger partial charge in [-0.15, -0.1) is 0 Å². The Morgan fingerprint density at radius 1 is 0.829 bits per heavy atom. The van der Waals surface area contributed by atoms with E-state index in [1.165, 1.54) is 76.2 Å². The third-order valence-corrected chi connectivity index (χ3v) is 7.57. The fourth-order valence-corrected chi connectivity index (χ4v) is 5.33. The molecule has 2 aromatic rings. The molecule has 3 heteroatoms. The lowest BCUT2D eigenvalue weighted by molar-refractivity contribution is 0.285. The summed E-state index contributed by atoms with van der Waals surface area (Å²) in [6.45, 7) is 4.72. The molecule has 35 heavy (non-hydrogen) atoms. The van der Waals surface area contributed by atoms with E-state index in [9.17, 15) is 8.78 Å². The molecule has 3 rings (SSSR count). The van der Waals surface area contributed by atoms with Crippen molar-refractivity contribution in [2.45, 2.75) is 103 Å². The van der Waals surface area contributed by atoms with Crippen LogP contribution in [-0.4, -0.2) is 6.61 Å². The maximum absolute atomic E-state index is 14.9. The fraction of sp³-hybridized carbons (Fsp3) is 0.562. The van der Waals surface area contributed by atoms with Crippen LogP contribution in [0.5, 0.6) is 5.75 Å². The van der Waals surface area contributed by atoms with Crippen molar-refractivity contribution in [3.63, 3.8) is 0 Å². The summed E-state index contributed by atoms with van der Waals surface area (Å²) in [6.07, 6.45) is 20.0. The third-order valence-electron chi connectivity index (χ3n) is 7.57. The van der Waals surface area contributed by atoms with E-state index in [0.717, 1.165) is 18.8 Å². The molecule has 1 fully saturated rings. The molecule has 1 aliphatic rings. The zero-order chi connectivity index (χ0) is 24.9. The van der Waals surface area contributed by atoms with Crippen LogP contribution in [0.3, 0.4) is 0 Å². The molecular weight excluding hydrogens is 438 g/mol. The van der Waals surface area contributed by atoms with Gasteiger partial charge in [0.05, 0.1) is 6.61 Å². The van der Waals surface area contributed by atoms with Gasteiger partial charge in [-0.2, -0.15) is 4.39 Å². The van der Waals surface area contributed by atoms with E-state index in [-0.39, 0.29) is 5.75 Å². The van der Waals surface area contributed by atoms with E-state index in [0.29, 0.717) is 23.7 Å². The molecule has 1 aliphatic carbocycles. The minimum Gasteiger partial charge on any atom is -0.490 e. The Morgan fingerprint density at radius 3 is 2.20 bits per heavy atom. The molecule has 0 unspecified atom stereocenters. The molecule has 1 nitrogen and oxygen atoms in total. The zero-order valence-electron chi connectivity index (χ0n) is 21.8. The van der Waals surface area contributed by atoms with E-state index in [1.807, 2.05) is 12.1 Å². The van der Waals surface area contributed by atoms with E-state index in [4.69, 9.17) is 4.74 Å². The maximum Gasteiger partial charge on any atom is 0.201 e. The monoisotopic (exact) mass is 482 g/mol. The third kappa shape index (κ3) is 8.47. The molecule has 0 saturated heterocycles. The van der Waals surface area contributed by atoms with Crippen LogP contribution in [0.15, 0.2) is 48.6 Å². The number of allylic oxidation sites excluding steroid dienone is 2. The molecule has 2 aromatic carbocycles. The molecule has 0 aromatic heterocycles. The number of unbranched alkanes of at least 4 members (excludes halogenated alkanes) is 6. The molecule has 0 bridgehead atoms. The first kappa shape index (κ1) is 27.4. The van der Waals surface area contributed by atoms with Crippen LogP contribution in [-0.2, 0) is 0 Å². The lowest BCUT2D eigenvalue weighted by Crippen LogP contribution is -2.13. The Kier molecular flexibility index (Phi) is 11.8. The molecule has 0 atom stereocenters. The number of rotatable bonds is 14. The van der Waals surface area contributed by atoms with Gasteiger partial charge in [0.1, 0.15) is 0 Å². The minimum atomic E-state index is -0.884. The normalized spacial score (nSPS) is 18.3. The van der Waals surface area contributed by atoms with Gasteiger partial charge < -0.3 is 4.74 Å². The van der Waals surface area contributed by atoms with E-state index in [1.54, 1.807) is 12.1 Å². The average molecular weight is 483 g/mol. The number of halogens is 2. The van der Waals surface area contributed by atoms with Crippen molar-refractivity contribution in [2.24, 2.45) is 5.92 Å². The number of ether oxygens (including phenoxy) is 1. The van der Waals surface area contributed by atoms with Crippen molar-refractivity contribution in [3.8, 4) is 16.9 Å². The second kappa shape index (κ2) is 15.1. The summed E-state index contributed by atoms with van der Waals surface area (Å²) in [7, 11) is 0. The van der Waals surface area contributed by atoms with Crippen molar-refractivity contribution < 1.29 is 13.5 Å². The van der Waals surface area contributed by atoms with Gasteiger partial charge in [0, 0.05) is 5.56 Å². The lowest BCUT2D eigenvalue weighted by Gasteiger charge is -2.28. The Labute approximate surface area is 212 Å². The Bertz CT molecular complexity index is 895. The van der Waals surface area contributed by atoms with E-state index < -0.39 is 11.6 Å². The molecular formula is C32H44F2O.